The Balaban J connectivity index is 1.69. The number of carbonyl (C=O) groups is 2. The van der Waals surface area contributed by atoms with Crippen LogP contribution in [0.5, 0.6) is 0 Å². The number of aliphatic hydroxyl groups is 1. The van der Waals surface area contributed by atoms with Gasteiger partial charge in [-0.1, -0.05) is 60.5 Å². The van der Waals surface area contributed by atoms with Crippen molar-refractivity contribution in [3.05, 3.63) is 85.5 Å². The van der Waals surface area contributed by atoms with Crippen LogP contribution in [0.4, 0.5) is 5.13 Å². The number of aromatic nitrogens is 1. The largest absolute Gasteiger partial charge is 0.507 e. The van der Waals surface area contributed by atoms with E-state index in [4.69, 9.17) is 23.2 Å². The van der Waals surface area contributed by atoms with Crippen molar-refractivity contribution in [2.75, 3.05) is 4.90 Å². The lowest BCUT2D eigenvalue weighted by molar-refractivity contribution is -0.132. The topological polar surface area (TPSA) is 70.5 Å². The van der Waals surface area contributed by atoms with Crippen molar-refractivity contribution in [3.8, 4) is 0 Å². The van der Waals surface area contributed by atoms with Crippen molar-refractivity contribution in [2.24, 2.45) is 0 Å². The van der Waals surface area contributed by atoms with Crippen molar-refractivity contribution < 1.29 is 14.7 Å². The predicted molar refractivity (Wildman–Crippen MR) is 139 cm³/mol. The van der Waals surface area contributed by atoms with Crippen LogP contribution in [0.1, 0.15) is 41.8 Å². The van der Waals surface area contributed by atoms with E-state index in [0.29, 0.717) is 21.6 Å². The van der Waals surface area contributed by atoms with Crippen LogP contribution >= 0.6 is 45.9 Å². The van der Waals surface area contributed by atoms with Gasteiger partial charge in [0.2, 0.25) is 0 Å². The molecule has 2 aromatic heterocycles. The van der Waals surface area contributed by atoms with Gasteiger partial charge in [-0.3, -0.25) is 14.5 Å². The molecule has 3 heterocycles. The van der Waals surface area contributed by atoms with Gasteiger partial charge in [0.1, 0.15) is 11.8 Å². The fourth-order valence-corrected chi connectivity index (χ4v) is 6.10. The van der Waals surface area contributed by atoms with Gasteiger partial charge in [-0.2, -0.15) is 0 Å². The van der Waals surface area contributed by atoms with Gasteiger partial charge < -0.3 is 5.11 Å². The summed E-state index contributed by atoms with van der Waals surface area (Å²) in [5.74, 6) is -1.46. The second kappa shape index (κ2) is 8.82. The first-order valence-electron chi connectivity index (χ1n) is 10.5. The van der Waals surface area contributed by atoms with Crippen molar-refractivity contribution >= 4 is 78.7 Å². The van der Waals surface area contributed by atoms with Gasteiger partial charge in [-0.25, -0.2) is 4.98 Å². The summed E-state index contributed by atoms with van der Waals surface area (Å²) in [6, 6.07) is 13.5. The summed E-state index contributed by atoms with van der Waals surface area (Å²) in [6.07, 6.45) is 0. The van der Waals surface area contributed by atoms with Crippen LogP contribution < -0.4 is 4.90 Å². The number of thiazole rings is 1. The zero-order chi connectivity index (χ0) is 24.1. The first-order valence-corrected chi connectivity index (χ1v) is 12.9. The lowest BCUT2D eigenvalue weighted by Crippen LogP contribution is -2.28. The van der Waals surface area contributed by atoms with Crippen LogP contribution in [-0.4, -0.2) is 21.8 Å². The van der Waals surface area contributed by atoms with E-state index in [2.05, 4.69) is 24.9 Å². The van der Waals surface area contributed by atoms with E-state index in [-0.39, 0.29) is 16.4 Å². The van der Waals surface area contributed by atoms with Gasteiger partial charge in [-0.15, -0.1) is 11.3 Å². The highest BCUT2D eigenvalue weighted by Gasteiger charge is 2.48. The molecule has 34 heavy (non-hydrogen) atoms. The number of fused-ring (bicyclic) bond motifs is 1. The number of ketones is 1. The van der Waals surface area contributed by atoms with E-state index < -0.39 is 17.7 Å². The molecule has 1 fully saturated rings. The minimum atomic E-state index is -0.806. The molecule has 5 rings (SSSR count). The molecule has 0 spiro atoms. The van der Waals surface area contributed by atoms with Crippen molar-refractivity contribution in [2.45, 2.75) is 25.8 Å². The number of hydrogen-bond donors (Lipinski definition) is 1. The van der Waals surface area contributed by atoms with Crippen LogP contribution in [0.2, 0.25) is 10.0 Å². The number of thiophene rings is 1. The minimum absolute atomic E-state index is 0.00651. The van der Waals surface area contributed by atoms with Crippen molar-refractivity contribution in [1.82, 2.24) is 4.98 Å². The van der Waals surface area contributed by atoms with Crippen molar-refractivity contribution in [3.63, 3.8) is 0 Å². The molecular weight excluding hydrogens is 511 g/mol. The summed E-state index contributed by atoms with van der Waals surface area (Å²) in [6.45, 7) is 4.23. The molecule has 0 aliphatic carbocycles. The van der Waals surface area contributed by atoms with E-state index in [1.54, 1.807) is 6.07 Å². The highest BCUT2D eigenvalue weighted by Crippen LogP contribution is 2.46. The minimum Gasteiger partial charge on any atom is -0.507 e. The first kappa shape index (κ1) is 23.1. The third-order valence-electron chi connectivity index (χ3n) is 5.72. The van der Waals surface area contributed by atoms with Gasteiger partial charge >= 0.3 is 5.91 Å². The quantitative estimate of drug-likeness (QED) is 0.170. The average molecular weight is 529 g/mol. The zero-order valence-corrected chi connectivity index (χ0v) is 21.2. The molecular formula is C25H18Cl2N2O3S2. The zero-order valence-electron chi connectivity index (χ0n) is 18.1. The maximum atomic E-state index is 13.3. The molecule has 1 saturated heterocycles. The third-order valence-corrected chi connectivity index (χ3v) is 8.41. The van der Waals surface area contributed by atoms with Crippen LogP contribution in [0.3, 0.4) is 0 Å². The predicted octanol–water partition coefficient (Wildman–Crippen LogP) is 7.41. The van der Waals surface area contributed by atoms with Crippen LogP contribution in [0.15, 0.2) is 59.5 Å². The summed E-state index contributed by atoms with van der Waals surface area (Å²) < 4.78 is 0.928. The van der Waals surface area contributed by atoms with Crippen LogP contribution in [0.25, 0.3) is 16.0 Å². The summed E-state index contributed by atoms with van der Waals surface area (Å²) in [5, 5.41) is 14.0. The Morgan fingerprint density at radius 2 is 1.88 bits per heavy atom. The van der Waals surface area contributed by atoms with Gasteiger partial charge in [0.15, 0.2) is 5.13 Å². The molecule has 0 saturated carbocycles. The molecule has 1 aliphatic heterocycles. The smallest absolute Gasteiger partial charge is 0.301 e. The van der Waals surface area contributed by atoms with E-state index in [1.165, 1.54) is 45.3 Å². The molecule has 172 valence electrons. The maximum Gasteiger partial charge on any atom is 0.301 e. The summed E-state index contributed by atoms with van der Waals surface area (Å²) >= 11 is 14.9. The number of hydrogen-bond acceptors (Lipinski definition) is 6. The second-order valence-corrected chi connectivity index (χ2v) is 11.0. The molecule has 2 aromatic carbocycles. The molecule has 1 N–H and O–H groups in total. The van der Waals surface area contributed by atoms with Gasteiger partial charge in [0.25, 0.3) is 5.78 Å². The van der Waals surface area contributed by atoms with Gasteiger partial charge in [0, 0.05) is 10.4 Å². The number of anilines is 1. The van der Waals surface area contributed by atoms with Crippen molar-refractivity contribution in [1.29, 1.82) is 0 Å². The molecule has 4 aromatic rings. The standard InChI is InChI=1S/C25H18Cl2N2O3S2/c1-12(2)13-6-8-17-19(11-13)34-25(28-17)29-21(18-4-3-9-33-18)20(23(31)24(29)32)22(30)14-5-7-15(26)16(27)10-14/h3-12,21,30H,1-2H3/b22-20+. The Bertz CT molecular complexity index is 1470. The third kappa shape index (κ3) is 3.82. The highest BCUT2D eigenvalue weighted by molar-refractivity contribution is 7.22. The fourth-order valence-electron chi connectivity index (χ4n) is 3.94. The number of Topliss-reactive ketones (excluding diaryl/α,β-unsaturated/α-hetero) is 1. The second-order valence-electron chi connectivity index (χ2n) is 8.19. The molecule has 0 bridgehead atoms. The Kier molecular flexibility index (Phi) is 5.98. The van der Waals surface area contributed by atoms with Gasteiger partial charge in [-0.05, 0) is 53.3 Å². The molecule has 1 amide bonds. The number of benzene rings is 2. The SMILES string of the molecule is CC(C)c1ccc2nc(N3C(=O)C(=O)/C(=C(/O)c4ccc(Cl)c(Cl)c4)C3c3cccs3)sc2c1. The summed E-state index contributed by atoms with van der Waals surface area (Å²) in [5.41, 5.74) is 2.22. The number of carbonyl (C=O) groups excluding carboxylic acids is 2. The number of halogens is 2. The molecule has 9 heteroatoms. The lowest BCUT2D eigenvalue weighted by Gasteiger charge is -2.21. The Morgan fingerprint density at radius 1 is 1.09 bits per heavy atom. The molecule has 1 aliphatic rings. The summed E-state index contributed by atoms with van der Waals surface area (Å²) in [4.78, 5) is 33.3. The van der Waals surface area contributed by atoms with E-state index >= 15 is 0 Å². The monoisotopic (exact) mass is 528 g/mol. The molecule has 5 nitrogen and oxygen atoms in total. The van der Waals surface area contributed by atoms with Crippen LogP contribution in [-0.2, 0) is 9.59 Å². The number of nitrogens with zero attached hydrogens (tertiary/aromatic N) is 2. The first-order chi connectivity index (χ1) is 16.3. The maximum absolute atomic E-state index is 13.3. The van der Waals surface area contributed by atoms with Gasteiger partial charge in [0.05, 0.1) is 25.8 Å². The number of rotatable bonds is 4. The average Bonchev–Trinajstić information content (AvgIpc) is 3.53. The number of amides is 1. The van der Waals surface area contributed by atoms with Crippen LogP contribution in [0, 0.1) is 0 Å². The van der Waals surface area contributed by atoms with E-state index in [1.807, 2.05) is 29.6 Å². The molecule has 1 unspecified atom stereocenters. The van der Waals surface area contributed by atoms with E-state index in [0.717, 1.165) is 15.1 Å². The lowest BCUT2D eigenvalue weighted by atomic mass is 10.00. The Hall–Kier alpha value is -2.71. The molecule has 0 radical (unpaired) electrons. The highest BCUT2D eigenvalue weighted by atomic mass is 35.5. The fraction of sp³-hybridized carbons (Fsp3) is 0.160. The molecule has 1 atom stereocenters. The van der Waals surface area contributed by atoms with E-state index in [9.17, 15) is 14.7 Å². The Morgan fingerprint density at radius 3 is 2.56 bits per heavy atom. The summed E-state index contributed by atoms with van der Waals surface area (Å²) in [7, 11) is 0. The normalized spacial score (nSPS) is 17.9. The Labute approximate surface area is 213 Å². The number of aliphatic hydroxyl groups excluding tert-OH is 1.